The summed E-state index contributed by atoms with van der Waals surface area (Å²) in [6.45, 7) is 16.9. The molecule has 4 heteroatoms. The highest BCUT2D eigenvalue weighted by Crippen LogP contribution is 2.17. The molecule has 3 atom stereocenters. The fourth-order valence-corrected chi connectivity index (χ4v) is 3.72. The van der Waals surface area contributed by atoms with Crippen LogP contribution in [0.1, 0.15) is 40.5 Å². The number of ether oxygens (including phenoxy) is 1. The van der Waals surface area contributed by atoms with Gasteiger partial charge in [-0.1, -0.05) is 27.7 Å². The van der Waals surface area contributed by atoms with Crippen LogP contribution in [0.3, 0.4) is 0 Å². The fraction of sp³-hybridized carbons (Fsp3) is 1.00. The van der Waals surface area contributed by atoms with Crippen LogP contribution in [0.5, 0.6) is 0 Å². The molecule has 0 saturated carbocycles. The van der Waals surface area contributed by atoms with Crippen molar-refractivity contribution < 1.29 is 4.74 Å². The maximum Gasteiger partial charge on any atom is 0.0829 e. The third-order valence-corrected chi connectivity index (χ3v) is 4.95. The first kappa shape index (κ1) is 17.2. The van der Waals surface area contributed by atoms with Gasteiger partial charge in [0.15, 0.2) is 0 Å². The van der Waals surface area contributed by atoms with Crippen LogP contribution in [0.2, 0.25) is 0 Å². The zero-order valence-electron chi connectivity index (χ0n) is 14.5. The summed E-state index contributed by atoms with van der Waals surface area (Å²) in [7, 11) is 0. The molecule has 0 aromatic heterocycles. The van der Waals surface area contributed by atoms with Crippen molar-refractivity contribution in [1.82, 2.24) is 15.1 Å². The number of likely N-dealkylation sites (N-methyl/N-ethyl adjacent to an activating group) is 1. The van der Waals surface area contributed by atoms with Crippen molar-refractivity contribution >= 4 is 0 Å². The first-order valence-electron chi connectivity index (χ1n) is 8.93. The van der Waals surface area contributed by atoms with Gasteiger partial charge in [0.2, 0.25) is 0 Å². The second kappa shape index (κ2) is 8.47. The third kappa shape index (κ3) is 5.20. The highest BCUT2D eigenvalue weighted by Gasteiger charge is 2.30. The number of nitrogens with one attached hydrogen (secondary N) is 1. The second-order valence-corrected chi connectivity index (χ2v) is 7.14. The Morgan fingerprint density at radius 1 is 1.24 bits per heavy atom. The lowest BCUT2D eigenvalue weighted by atomic mass is 9.98. The average molecular weight is 297 g/mol. The molecule has 0 aliphatic carbocycles. The largest absolute Gasteiger partial charge is 0.374 e. The van der Waals surface area contributed by atoms with Crippen molar-refractivity contribution in [3.05, 3.63) is 0 Å². The summed E-state index contributed by atoms with van der Waals surface area (Å²) >= 11 is 0. The van der Waals surface area contributed by atoms with Gasteiger partial charge in [-0.2, -0.15) is 0 Å². The van der Waals surface area contributed by atoms with Crippen molar-refractivity contribution in [3.8, 4) is 0 Å². The van der Waals surface area contributed by atoms with E-state index in [-0.39, 0.29) is 0 Å². The number of rotatable bonds is 6. The van der Waals surface area contributed by atoms with Gasteiger partial charge >= 0.3 is 0 Å². The van der Waals surface area contributed by atoms with E-state index in [0.717, 1.165) is 45.2 Å². The Bertz CT molecular complexity index is 298. The van der Waals surface area contributed by atoms with Crippen LogP contribution in [0.4, 0.5) is 0 Å². The average Bonchev–Trinajstić information content (AvgIpc) is 2.47. The number of hydrogen-bond acceptors (Lipinski definition) is 4. The zero-order valence-corrected chi connectivity index (χ0v) is 14.5. The highest BCUT2D eigenvalue weighted by atomic mass is 16.5. The quantitative estimate of drug-likeness (QED) is 0.809. The topological polar surface area (TPSA) is 27.7 Å². The van der Waals surface area contributed by atoms with Crippen LogP contribution in [-0.4, -0.2) is 73.9 Å². The Morgan fingerprint density at radius 3 is 2.71 bits per heavy atom. The monoisotopic (exact) mass is 297 g/mol. The maximum atomic E-state index is 6.02. The van der Waals surface area contributed by atoms with Gasteiger partial charge < -0.3 is 10.1 Å². The predicted octanol–water partition coefficient (Wildman–Crippen LogP) is 1.81. The first-order chi connectivity index (χ1) is 10.1. The van der Waals surface area contributed by atoms with Crippen molar-refractivity contribution in [2.75, 3.05) is 45.9 Å². The Balaban J connectivity index is 1.87. The normalized spacial score (nSPS) is 32.7. The van der Waals surface area contributed by atoms with Gasteiger partial charge in [-0.05, 0) is 25.3 Å². The summed E-state index contributed by atoms with van der Waals surface area (Å²) in [5.74, 6) is 0.768. The van der Waals surface area contributed by atoms with Crippen molar-refractivity contribution in [2.24, 2.45) is 5.92 Å². The van der Waals surface area contributed by atoms with Crippen LogP contribution in [0.15, 0.2) is 0 Å². The van der Waals surface area contributed by atoms with E-state index in [1.807, 2.05) is 0 Å². The van der Waals surface area contributed by atoms with Gasteiger partial charge in [0, 0.05) is 44.8 Å². The number of nitrogens with zero attached hydrogens (tertiary/aromatic N) is 2. The molecule has 0 bridgehead atoms. The molecule has 124 valence electrons. The van der Waals surface area contributed by atoms with Gasteiger partial charge in [0.1, 0.15) is 0 Å². The van der Waals surface area contributed by atoms with Crippen molar-refractivity contribution in [1.29, 1.82) is 0 Å². The molecule has 4 nitrogen and oxygen atoms in total. The van der Waals surface area contributed by atoms with Gasteiger partial charge in [0.05, 0.1) is 12.7 Å². The van der Waals surface area contributed by atoms with Gasteiger partial charge in [-0.3, -0.25) is 9.80 Å². The molecule has 21 heavy (non-hydrogen) atoms. The van der Waals surface area contributed by atoms with Crippen LogP contribution in [-0.2, 0) is 4.74 Å². The molecule has 3 unspecified atom stereocenters. The minimum absolute atomic E-state index is 0.394. The smallest absolute Gasteiger partial charge is 0.0829 e. The number of piperazine rings is 1. The van der Waals surface area contributed by atoms with Gasteiger partial charge in [-0.25, -0.2) is 0 Å². The highest BCUT2D eigenvalue weighted by molar-refractivity contribution is 4.88. The lowest BCUT2D eigenvalue weighted by molar-refractivity contribution is -0.0525. The zero-order chi connectivity index (χ0) is 15.2. The predicted molar refractivity (Wildman–Crippen MR) is 88.8 cm³/mol. The van der Waals surface area contributed by atoms with E-state index in [9.17, 15) is 0 Å². The summed E-state index contributed by atoms with van der Waals surface area (Å²) in [5.41, 5.74) is 0. The van der Waals surface area contributed by atoms with E-state index in [0.29, 0.717) is 18.2 Å². The Morgan fingerprint density at radius 2 is 2.05 bits per heavy atom. The molecular weight excluding hydrogens is 262 g/mol. The van der Waals surface area contributed by atoms with Crippen LogP contribution < -0.4 is 5.32 Å². The van der Waals surface area contributed by atoms with Gasteiger partial charge in [0.25, 0.3) is 0 Å². The number of morpholine rings is 1. The molecule has 2 aliphatic rings. The van der Waals surface area contributed by atoms with E-state index in [1.165, 1.54) is 19.4 Å². The lowest BCUT2D eigenvalue weighted by Crippen LogP contribution is -2.59. The summed E-state index contributed by atoms with van der Waals surface area (Å²) in [4.78, 5) is 5.20. The first-order valence-corrected chi connectivity index (χ1v) is 8.93. The van der Waals surface area contributed by atoms with E-state index in [1.54, 1.807) is 0 Å². The molecule has 0 amide bonds. The second-order valence-electron chi connectivity index (χ2n) is 7.14. The molecule has 0 spiro atoms. The van der Waals surface area contributed by atoms with E-state index >= 15 is 0 Å². The van der Waals surface area contributed by atoms with E-state index in [2.05, 4.69) is 42.8 Å². The fourth-order valence-electron chi connectivity index (χ4n) is 3.72. The molecule has 2 fully saturated rings. The summed E-state index contributed by atoms with van der Waals surface area (Å²) in [6.07, 6.45) is 2.90. The minimum atomic E-state index is 0.394. The standard InChI is InChI=1S/C17H35N3O/c1-5-16-10-18-15(9-14(3)4)11-20(16)13-17-12-19(6-2)7-8-21-17/h14-18H,5-13H2,1-4H3. The molecule has 2 heterocycles. The lowest BCUT2D eigenvalue weighted by Gasteiger charge is -2.43. The van der Waals surface area contributed by atoms with Crippen LogP contribution in [0, 0.1) is 5.92 Å². The van der Waals surface area contributed by atoms with Crippen molar-refractivity contribution in [2.45, 2.75) is 58.7 Å². The Kier molecular flexibility index (Phi) is 6.93. The Labute approximate surface area is 131 Å². The molecular formula is C17H35N3O. The SMILES string of the molecule is CCC1CNC(CC(C)C)CN1CC1CN(CC)CCO1. The Hall–Kier alpha value is -0.160. The molecule has 0 radical (unpaired) electrons. The summed E-state index contributed by atoms with van der Waals surface area (Å²) in [6, 6.07) is 1.33. The molecule has 0 aromatic carbocycles. The summed E-state index contributed by atoms with van der Waals surface area (Å²) < 4.78 is 6.02. The van der Waals surface area contributed by atoms with E-state index in [4.69, 9.17) is 4.74 Å². The third-order valence-electron chi connectivity index (χ3n) is 4.95. The van der Waals surface area contributed by atoms with Crippen LogP contribution >= 0.6 is 0 Å². The molecule has 2 saturated heterocycles. The molecule has 2 aliphatic heterocycles. The number of hydrogen-bond donors (Lipinski definition) is 1. The summed E-state index contributed by atoms with van der Waals surface area (Å²) in [5, 5.41) is 3.75. The van der Waals surface area contributed by atoms with Crippen molar-refractivity contribution in [3.63, 3.8) is 0 Å². The van der Waals surface area contributed by atoms with Crippen LogP contribution in [0.25, 0.3) is 0 Å². The van der Waals surface area contributed by atoms with E-state index < -0.39 is 0 Å². The maximum absolute atomic E-state index is 6.02. The molecule has 2 rings (SSSR count). The molecule has 0 aromatic rings. The minimum Gasteiger partial charge on any atom is -0.374 e. The molecule has 1 N–H and O–H groups in total. The van der Waals surface area contributed by atoms with Gasteiger partial charge in [-0.15, -0.1) is 0 Å².